The van der Waals surface area contributed by atoms with Crippen LogP contribution in [0.2, 0.25) is 0 Å². The van der Waals surface area contributed by atoms with Crippen molar-refractivity contribution in [2.75, 3.05) is 28.4 Å². The maximum Gasteiger partial charge on any atom is 0.220 e. The third kappa shape index (κ3) is 2.86. The molecule has 0 bridgehead atoms. The Morgan fingerprint density at radius 3 is 0.821 bits per heavy atom. The number of ether oxygens (including phenoxy) is 8. The molecule has 0 aromatic heterocycles. The molecule has 0 spiro atoms. The van der Waals surface area contributed by atoms with E-state index in [1.54, 1.807) is 27.7 Å². The molecule has 3 rings (SSSR count). The van der Waals surface area contributed by atoms with E-state index in [1.165, 1.54) is 28.4 Å². The number of rotatable bonds is 4. The van der Waals surface area contributed by atoms with E-state index in [1.807, 2.05) is 0 Å². The van der Waals surface area contributed by atoms with E-state index < -0.39 is 59.8 Å². The van der Waals surface area contributed by atoms with Crippen LogP contribution >= 0.6 is 0 Å². The third-order valence-corrected chi connectivity index (χ3v) is 6.65. The molecule has 8 atom stereocenters. The van der Waals surface area contributed by atoms with Crippen molar-refractivity contribution in [1.29, 1.82) is 0 Å². The van der Waals surface area contributed by atoms with E-state index >= 15 is 0 Å². The molecule has 10 heteroatoms. The van der Waals surface area contributed by atoms with Crippen molar-refractivity contribution in [2.24, 2.45) is 0 Å². The SMILES string of the molecule is COC1(C)OC2C(O)C3OC(C)(OC)C(C)(OC)OC3C(O)C2OC1(C)OC. The average molecular weight is 408 g/mol. The molecule has 3 fully saturated rings. The van der Waals surface area contributed by atoms with Crippen molar-refractivity contribution < 1.29 is 48.1 Å². The zero-order chi connectivity index (χ0) is 21.1. The number of hydrogen-bond acceptors (Lipinski definition) is 10. The van der Waals surface area contributed by atoms with Gasteiger partial charge in [-0.15, -0.1) is 0 Å². The molecule has 1 aliphatic carbocycles. The topological polar surface area (TPSA) is 114 Å². The summed E-state index contributed by atoms with van der Waals surface area (Å²) in [5, 5.41) is 22.1. The molecule has 2 N–H and O–H groups in total. The Balaban J connectivity index is 1.97. The Morgan fingerprint density at radius 2 is 0.679 bits per heavy atom. The van der Waals surface area contributed by atoms with Gasteiger partial charge in [-0.05, 0) is 27.7 Å². The number of fused-ring (bicyclic) bond motifs is 2. The largest absolute Gasteiger partial charge is 0.387 e. The second-order valence-corrected chi connectivity index (χ2v) is 7.91. The standard InChI is InChI=1S/C18H32O10/c1-15(21-5)16(2,22-6)26-12-10(20)14-13(9(19)11(12)25-15)27-17(3,23-7)18(4,24-8)28-14/h9-14,19-20H,1-8H3. The molecule has 164 valence electrons. The van der Waals surface area contributed by atoms with Crippen molar-refractivity contribution in [3.8, 4) is 0 Å². The van der Waals surface area contributed by atoms with Crippen LogP contribution in [0, 0.1) is 0 Å². The van der Waals surface area contributed by atoms with Gasteiger partial charge in [-0.2, -0.15) is 0 Å². The van der Waals surface area contributed by atoms with E-state index in [0.717, 1.165) is 0 Å². The molecule has 28 heavy (non-hydrogen) atoms. The minimum absolute atomic E-state index is 0.957. The summed E-state index contributed by atoms with van der Waals surface area (Å²) in [5.74, 6) is -5.34. The summed E-state index contributed by atoms with van der Waals surface area (Å²) >= 11 is 0. The van der Waals surface area contributed by atoms with Gasteiger partial charge in [0, 0.05) is 28.4 Å². The zero-order valence-electron chi connectivity index (χ0n) is 17.6. The zero-order valence-corrected chi connectivity index (χ0v) is 17.6. The van der Waals surface area contributed by atoms with Crippen LogP contribution in [-0.4, -0.2) is 98.4 Å². The maximum atomic E-state index is 11.0. The predicted molar refractivity (Wildman–Crippen MR) is 93.2 cm³/mol. The molecule has 2 saturated heterocycles. The van der Waals surface area contributed by atoms with E-state index in [9.17, 15) is 10.2 Å². The first-order valence-electron chi connectivity index (χ1n) is 9.23. The van der Waals surface area contributed by atoms with Gasteiger partial charge in [0.1, 0.15) is 36.6 Å². The fourth-order valence-electron chi connectivity index (χ4n) is 4.10. The third-order valence-electron chi connectivity index (χ3n) is 6.65. The Bertz CT molecular complexity index is 493. The number of hydrogen-bond donors (Lipinski definition) is 2. The van der Waals surface area contributed by atoms with Gasteiger partial charge in [-0.1, -0.05) is 0 Å². The van der Waals surface area contributed by atoms with Gasteiger partial charge in [0.15, 0.2) is 0 Å². The van der Waals surface area contributed by atoms with E-state index in [-0.39, 0.29) is 0 Å². The highest BCUT2D eigenvalue weighted by Gasteiger charge is 2.68. The summed E-state index contributed by atoms with van der Waals surface area (Å²) < 4.78 is 46.2. The highest BCUT2D eigenvalue weighted by atomic mass is 16.8. The molecular weight excluding hydrogens is 376 g/mol. The van der Waals surface area contributed by atoms with Crippen LogP contribution in [0.3, 0.4) is 0 Å². The summed E-state index contributed by atoms with van der Waals surface area (Å²) in [6, 6.07) is 0. The summed E-state index contributed by atoms with van der Waals surface area (Å²) in [5.41, 5.74) is 0. The molecule has 0 aromatic rings. The van der Waals surface area contributed by atoms with Crippen molar-refractivity contribution in [1.82, 2.24) is 0 Å². The molecule has 2 aliphatic heterocycles. The van der Waals surface area contributed by atoms with Crippen LogP contribution in [0.1, 0.15) is 27.7 Å². The molecule has 10 nitrogen and oxygen atoms in total. The van der Waals surface area contributed by atoms with Crippen LogP contribution in [0.4, 0.5) is 0 Å². The highest BCUT2D eigenvalue weighted by Crippen LogP contribution is 2.48. The fraction of sp³-hybridized carbons (Fsp3) is 1.00. The van der Waals surface area contributed by atoms with Gasteiger partial charge >= 0.3 is 0 Å². The maximum absolute atomic E-state index is 11.0. The molecule has 0 amide bonds. The first-order chi connectivity index (χ1) is 12.9. The van der Waals surface area contributed by atoms with Crippen molar-refractivity contribution in [3.63, 3.8) is 0 Å². The van der Waals surface area contributed by atoms with Gasteiger partial charge in [-0.3, -0.25) is 0 Å². The summed E-state index contributed by atoms with van der Waals surface area (Å²) in [7, 11) is 5.78. The van der Waals surface area contributed by atoms with Gasteiger partial charge < -0.3 is 48.1 Å². The molecule has 3 aliphatic rings. The predicted octanol–water partition coefficient (Wildman–Crippen LogP) is -0.260. The lowest BCUT2D eigenvalue weighted by atomic mass is 9.81. The smallest absolute Gasteiger partial charge is 0.220 e. The van der Waals surface area contributed by atoms with Gasteiger partial charge in [0.25, 0.3) is 0 Å². The van der Waals surface area contributed by atoms with Crippen LogP contribution in [0.5, 0.6) is 0 Å². The summed E-state index contributed by atoms with van der Waals surface area (Å²) in [6.07, 6.45) is -6.24. The van der Waals surface area contributed by atoms with Crippen LogP contribution in [-0.2, 0) is 37.9 Å². The highest BCUT2D eigenvalue weighted by molar-refractivity contribution is 5.09. The van der Waals surface area contributed by atoms with Crippen LogP contribution in [0.25, 0.3) is 0 Å². The van der Waals surface area contributed by atoms with Crippen LogP contribution < -0.4 is 0 Å². The number of aliphatic hydroxyl groups is 2. The van der Waals surface area contributed by atoms with E-state index in [0.29, 0.717) is 0 Å². The summed E-state index contributed by atoms with van der Waals surface area (Å²) in [6.45, 7) is 6.55. The van der Waals surface area contributed by atoms with E-state index in [4.69, 9.17) is 37.9 Å². The van der Waals surface area contributed by atoms with Gasteiger partial charge in [-0.25, -0.2) is 0 Å². The van der Waals surface area contributed by atoms with Crippen LogP contribution in [0.15, 0.2) is 0 Å². The van der Waals surface area contributed by atoms with Crippen molar-refractivity contribution in [3.05, 3.63) is 0 Å². The Hall–Kier alpha value is -0.400. The fourth-order valence-corrected chi connectivity index (χ4v) is 4.10. The first kappa shape index (κ1) is 22.3. The lowest BCUT2D eigenvalue weighted by Crippen LogP contribution is -2.79. The molecule has 0 aromatic carbocycles. The summed E-state index contributed by atoms with van der Waals surface area (Å²) in [4.78, 5) is 0. The van der Waals surface area contributed by atoms with Crippen molar-refractivity contribution >= 4 is 0 Å². The quantitative estimate of drug-likeness (QED) is 0.645. The van der Waals surface area contributed by atoms with Crippen molar-refractivity contribution in [2.45, 2.75) is 87.5 Å². The van der Waals surface area contributed by atoms with Gasteiger partial charge in [0.05, 0.1) is 0 Å². The minimum atomic E-state index is -1.34. The lowest BCUT2D eigenvalue weighted by Gasteiger charge is -2.61. The van der Waals surface area contributed by atoms with Gasteiger partial charge in [0.2, 0.25) is 23.1 Å². The average Bonchev–Trinajstić information content (AvgIpc) is 2.69. The number of methoxy groups -OCH3 is 4. The monoisotopic (exact) mass is 408 g/mol. The Morgan fingerprint density at radius 1 is 0.500 bits per heavy atom. The molecule has 8 unspecified atom stereocenters. The molecule has 2 heterocycles. The number of aliphatic hydroxyl groups excluding tert-OH is 2. The molecule has 0 radical (unpaired) electrons. The molecular formula is C18H32O10. The minimum Gasteiger partial charge on any atom is -0.387 e. The molecule has 1 saturated carbocycles. The first-order valence-corrected chi connectivity index (χ1v) is 9.23. The van der Waals surface area contributed by atoms with E-state index in [2.05, 4.69) is 0 Å². The Labute approximate surface area is 164 Å². The second kappa shape index (κ2) is 7.09. The second-order valence-electron chi connectivity index (χ2n) is 7.91. The lowest BCUT2D eigenvalue weighted by molar-refractivity contribution is -0.503. The Kier molecular flexibility index (Phi) is 5.64. The normalized spacial score (nSPS) is 56.8.